The summed E-state index contributed by atoms with van der Waals surface area (Å²) in [6.45, 7) is 2.36. The molecule has 0 fully saturated rings. The molecule has 3 aromatic heterocycles. The summed E-state index contributed by atoms with van der Waals surface area (Å²) >= 11 is 5.88. The van der Waals surface area contributed by atoms with Crippen LogP contribution in [0.15, 0.2) is 69.3 Å². The van der Waals surface area contributed by atoms with E-state index in [-0.39, 0.29) is 26.6 Å². The van der Waals surface area contributed by atoms with Crippen LogP contribution in [0.2, 0.25) is 5.02 Å². The third-order valence-corrected chi connectivity index (χ3v) is 6.73. The lowest BCUT2D eigenvalue weighted by molar-refractivity contribution is -0.660. The highest BCUT2D eigenvalue weighted by atomic mass is 35.5. The fourth-order valence-corrected chi connectivity index (χ4v) is 4.81. The first-order valence-corrected chi connectivity index (χ1v) is 10.8. The molecule has 0 atom stereocenters. The van der Waals surface area contributed by atoms with Gasteiger partial charge in [0.05, 0.1) is 11.4 Å². The number of nitrogens with two attached hydrogens (primary N) is 1. The first-order chi connectivity index (χ1) is 13.8. The number of nitrogens with zero attached hydrogens (tertiary/aromatic N) is 3. The van der Waals surface area contributed by atoms with E-state index in [9.17, 15) is 13.2 Å². The van der Waals surface area contributed by atoms with Gasteiger partial charge in [-0.25, -0.2) is 13.0 Å². The Morgan fingerprint density at radius 2 is 1.90 bits per heavy atom. The van der Waals surface area contributed by atoms with E-state index < -0.39 is 9.84 Å². The molecule has 7 nitrogen and oxygen atoms in total. The molecule has 4 rings (SSSR count). The summed E-state index contributed by atoms with van der Waals surface area (Å²) in [5.74, 6) is 0.0430. The Morgan fingerprint density at radius 1 is 1.17 bits per heavy atom. The SMILES string of the molecule is CCC[n+]1c(N)c(S(=O)(=O)c2ccc(Cl)cc2)cc2c(=O)n3ccccc3nc21. The van der Waals surface area contributed by atoms with Crippen LogP contribution in [0, 0.1) is 0 Å². The van der Waals surface area contributed by atoms with Gasteiger partial charge in [-0.05, 0) is 48.9 Å². The predicted molar refractivity (Wildman–Crippen MR) is 111 cm³/mol. The zero-order valence-electron chi connectivity index (χ0n) is 15.5. The molecule has 0 radical (unpaired) electrons. The number of hydrogen-bond donors (Lipinski definition) is 1. The van der Waals surface area contributed by atoms with Gasteiger partial charge in [0.25, 0.3) is 11.2 Å². The molecule has 0 saturated carbocycles. The minimum absolute atomic E-state index is 0.0430. The molecule has 0 aliphatic heterocycles. The third kappa shape index (κ3) is 3.14. The molecule has 3 heterocycles. The van der Waals surface area contributed by atoms with Crippen LogP contribution < -0.4 is 15.9 Å². The summed E-state index contributed by atoms with van der Waals surface area (Å²) in [4.78, 5) is 17.5. The number of aromatic nitrogens is 3. The van der Waals surface area contributed by atoms with Gasteiger partial charge in [-0.3, -0.25) is 9.20 Å². The molecule has 4 aromatic rings. The minimum atomic E-state index is -3.97. The molecule has 29 heavy (non-hydrogen) atoms. The monoisotopic (exact) mass is 429 g/mol. The van der Waals surface area contributed by atoms with Gasteiger partial charge in [0, 0.05) is 11.2 Å². The van der Waals surface area contributed by atoms with Crippen molar-refractivity contribution in [2.75, 3.05) is 5.73 Å². The van der Waals surface area contributed by atoms with Crippen molar-refractivity contribution in [2.24, 2.45) is 0 Å². The van der Waals surface area contributed by atoms with Crippen molar-refractivity contribution in [3.63, 3.8) is 0 Å². The number of rotatable bonds is 4. The number of anilines is 1. The molecule has 148 valence electrons. The van der Waals surface area contributed by atoms with Crippen molar-refractivity contribution < 1.29 is 13.0 Å². The van der Waals surface area contributed by atoms with Crippen LogP contribution in [0.25, 0.3) is 16.7 Å². The van der Waals surface area contributed by atoms with Crippen LogP contribution >= 0.6 is 11.6 Å². The number of fused-ring (bicyclic) bond motifs is 2. The molecule has 1 aromatic carbocycles. The minimum Gasteiger partial charge on any atom is -0.317 e. The number of halogens is 1. The Morgan fingerprint density at radius 3 is 2.59 bits per heavy atom. The van der Waals surface area contributed by atoms with Crippen LogP contribution in [-0.2, 0) is 16.4 Å². The van der Waals surface area contributed by atoms with Crippen molar-refractivity contribution in [1.82, 2.24) is 9.38 Å². The molecule has 0 saturated heterocycles. The quantitative estimate of drug-likeness (QED) is 0.397. The Balaban J connectivity index is 2.11. The second kappa shape index (κ2) is 7.13. The van der Waals surface area contributed by atoms with Crippen LogP contribution in [-0.4, -0.2) is 17.8 Å². The normalized spacial score (nSPS) is 11.9. The lowest BCUT2D eigenvalue weighted by Gasteiger charge is -2.12. The molecular formula is C20H18ClN4O3S+. The molecule has 0 spiro atoms. The predicted octanol–water partition coefficient (Wildman–Crippen LogP) is 2.61. The Bertz CT molecular complexity index is 1410. The number of benzene rings is 1. The van der Waals surface area contributed by atoms with E-state index in [0.29, 0.717) is 29.3 Å². The van der Waals surface area contributed by atoms with Gasteiger partial charge >= 0.3 is 0 Å². The van der Waals surface area contributed by atoms with Crippen LogP contribution in [0.1, 0.15) is 13.3 Å². The Kier molecular flexibility index (Phi) is 4.76. The average Bonchev–Trinajstić information content (AvgIpc) is 2.70. The number of sulfone groups is 1. The van der Waals surface area contributed by atoms with Gasteiger partial charge in [0.1, 0.15) is 10.3 Å². The van der Waals surface area contributed by atoms with E-state index in [2.05, 4.69) is 4.98 Å². The van der Waals surface area contributed by atoms with Gasteiger partial charge in [-0.1, -0.05) is 29.6 Å². The fourth-order valence-electron chi connectivity index (χ4n) is 3.28. The van der Waals surface area contributed by atoms with Crippen LogP contribution in [0.5, 0.6) is 0 Å². The number of pyridine rings is 2. The summed E-state index contributed by atoms with van der Waals surface area (Å²) in [7, 11) is -3.97. The van der Waals surface area contributed by atoms with E-state index in [1.54, 1.807) is 29.0 Å². The maximum Gasteiger partial charge on any atom is 0.278 e. The number of aryl methyl sites for hydroxylation is 1. The topological polar surface area (TPSA) is 98.4 Å². The van der Waals surface area contributed by atoms with Gasteiger partial charge in [-0.2, -0.15) is 0 Å². The maximum atomic E-state index is 13.3. The first kappa shape index (κ1) is 19.4. The first-order valence-electron chi connectivity index (χ1n) is 8.98. The zero-order chi connectivity index (χ0) is 20.8. The smallest absolute Gasteiger partial charge is 0.278 e. The van der Waals surface area contributed by atoms with E-state index in [0.717, 1.165) is 0 Å². The number of nitrogen functional groups attached to an aromatic ring is 1. The molecule has 0 aliphatic carbocycles. The van der Waals surface area contributed by atoms with Crippen molar-refractivity contribution in [1.29, 1.82) is 0 Å². The zero-order valence-corrected chi connectivity index (χ0v) is 17.1. The summed E-state index contributed by atoms with van der Waals surface area (Å²) < 4.78 is 29.5. The lowest BCUT2D eigenvalue weighted by atomic mass is 10.3. The van der Waals surface area contributed by atoms with E-state index >= 15 is 0 Å². The largest absolute Gasteiger partial charge is 0.317 e. The van der Waals surface area contributed by atoms with Crippen LogP contribution in [0.3, 0.4) is 0 Å². The van der Waals surface area contributed by atoms with E-state index in [1.807, 2.05) is 6.92 Å². The average molecular weight is 430 g/mol. The number of hydrogen-bond acceptors (Lipinski definition) is 5. The Labute approximate surface area is 171 Å². The highest BCUT2D eigenvalue weighted by molar-refractivity contribution is 7.91. The fraction of sp³-hybridized carbons (Fsp3) is 0.150. The van der Waals surface area contributed by atoms with E-state index in [1.165, 1.54) is 34.7 Å². The van der Waals surface area contributed by atoms with Gasteiger partial charge in [-0.15, -0.1) is 0 Å². The summed E-state index contributed by atoms with van der Waals surface area (Å²) in [6.07, 6.45) is 2.28. The molecule has 2 N–H and O–H groups in total. The van der Waals surface area contributed by atoms with E-state index in [4.69, 9.17) is 17.3 Å². The third-order valence-electron chi connectivity index (χ3n) is 4.68. The van der Waals surface area contributed by atoms with Gasteiger partial charge in [0.2, 0.25) is 21.3 Å². The van der Waals surface area contributed by atoms with Crippen LogP contribution in [0.4, 0.5) is 5.82 Å². The van der Waals surface area contributed by atoms with Crippen molar-refractivity contribution in [3.8, 4) is 0 Å². The van der Waals surface area contributed by atoms with Gasteiger partial charge < -0.3 is 5.73 Å². The summed E-state index contributed by atoms with van der Waals surface area (Å²) in [5, 5.41) is 0.606. The summed E-state index contributed by atoms with van der Waals surface area (Å²) in [6, 6.07) is 12.3. The molecule has 0 aliphatic rings. The highest BCUT2D eigenvalue weighted by Crippen LogP contribution is 2.27. The van der Waals surface area contributed by atoms with Crippen molar-refractivity contribution in [3.05, 3.63) is 70.1 Å². The van der Waals surface area contributed by atoms with Crippen molar-refractivity contribution in [2.45, 2.75) is 29.7 Å². The second-order valence-corrected chi connectivity index (χ2v) is 8.94. The molecular weight excluding hydrogens is 412 g/mol. The maximum absolute atomic E-state index is 13.3. The highest BCUT2D eigenvalue weighted by Gasteiger charge is 2.29. The van der Waals surface area contributed by atoms with Gasteiger partial charge in [0.15, 0.2) is 0 Å². The molecule has 0 bridgehead atoms. The summed E-state index contributed by atoms with van der Waals surface area (Å²) in [5.41, 5.74) is 6.75. The van der Waals surface area contributed by atoms with Crippen molar-refractivity contribution >= 4 is 43.9 Å². The molecule has 9 heteroatoms. The lowest BCUT2D eigenvalue weighted by Crippen LogP contribution is -2.41. The molecule has 0 amide bonds. The standard InChI is InChI=1S/C20H17ClN4O3S/c1-2-10-25-18(22)16(29(27,28)14-8-6-13(21)7-9-14)12-15-19(25)23-17-5-3-4-11-24(17)20(15)26/h3-9,11-12,22H,2,10H2,1H3/p+1. The Hall–Kier alpha value is -2.97. The molecule has 0 unspecified atom stereocenters. The second-order valence-electron chi connectivity index (χ2n) is 6.59.